The third-order valence-electron chi connectivity index (χ3n) is 8.57. The third-order valence-corrected chi connectivity index (χ3v) is 9.96. The van der Waals surface area contributed by atoms with E-state index in [4.69, 9.17) is 0 Å². The van der Waals surface area contributed by atoms with Crippen molar-refractivity contribution in [1.29, 1.82) is 0 Å². The number of nitrogens with one attached hydrogen (secondary N) is 1. The first-order chi connectivity index (χ1) is 25.5. The van der Waals surface area contributed by atoms with Crippen molar-refractivity contribution in [1.82, 2.24) is 19.1 Å². The topological polar surface area (TPSA) is 120 Å². The Morgan fingerprint density at radius 3 is 2.26 bits per heavy atom. The molecule has 0 atom stereocenters. The lowest BCUT2D eigenvalue weighted by Gasteiger charge is -2.14. The maximum absolute atomic E-state index is 15.8. The smallest absolute Gasteiger partial charge is 0.294 e. The van der Waals surface area contributed by atoms with Crippen molar-refractivity contribution in [2.75, 3.05) is 0 Å². The number of aromatic nitrogens is 3. The van der Waals surface area contributed by atoms with E-state index in [-0.39, 0.29) is 40.9 Å². The average molecular weight is 773 g/mol. The van der Waals surface area contributed by atoms with Crippen LogP contribution >= 0.6 is 0 Å². The highest BCUT2D eigenvalue weighted by atomic mass is 32.2. The van der Waals surface area contributed by atoms with E-state index in [2.05, 4.69) is 5.10 Å². The predicted molar refractivity (Wildman–Crippen MR) is 187 cm³/mol. The summed E-state index contributed by atoms with van der Waals surface area (Å²) >= 11 is 0. The SMILES string of the molecule is CCCCC(=O)c1ccc(C(F)(F)F)c(-n2nc(CCCC)n(Cc3ccc(-c4ccccc4S(=O)(=O)NC(=O)c4cc(F)ccc4F)cc3F)c2=O)c1. The van der Waals surface area contributed by atoms with E-state index in [0.29, 0.717) is 42.5 Å². The van der Waals surface area contributed by atoms with Gasteiger partial charge in [-0.15, -0.1) is 5.10 Å². The van der Waals surface area contributed by atoms with E-state index in [9.17, 15) is 44.8 Å². The maximum atomic E-state index is 15.8. The molecular weight excluding hydrogens is 738 g/mol. The van der Waals surface area contributed by atoms with E-state index < -0.39 is 79.3 Å². The van der Waals surface area contributed by atoms with Gasteiger partial charge < -0.3 is 0 Å². The van der Waals surface area contributed by atoms with Crippen LogP contribution in [-0.4, -0.2) is 34.5 Å². The second-order valence-electron chi connectivity index (χ2n) is 12.4. The highest BCUT2D eigenvalue weighted by molar-refractivity contribution is 7.90. The van der Waals surface area contributed by atoms with Crippen LogP contribution in [0.5, 0.6) is 0 Å². The first kappa shape index (κ1) is 39.7. The molecule has 0 aliphatic heterocycles. The van der Waals surface area contributed by atoms with Crippen molar-refractivity contribution in [2.24, 2.45) is 0 Å². The second kappa shape index (κ2) is 16.2. The van der Waals surface area contributed by atoms with Crippen LogP contribution in [0.2, 0.25) is 0 Å². The number of amides is 1. The van der Waals surface area contributed by atoms with Gasteiger partial charge in [0.15, 0.2) is 5.78 Å². The molecule has 0 fully saturated rings. The quantitative estimate of drug-likeness (QED) is 0.0902. The minimum Gasteiger partial charge on any atom is -0.294 e. The van der Waals surface area contributed by atoms with Crippen molar-refractivity contribution in [3.8, 4) is 16.8 Å². The molecule has 1 N–H and O–H groups in total. The molecule has 54 heavy (non-hydrogen) atoms. The minimum atomic E-state index is -4.91. The number of sulfonamides is 1. The van der Waals surface area contributed by atoms with E-state index >= 15 is 4.39 Å². The van der Waals surface area contributed by atoms with E-state index in [1.54, 1.807) is 4.72 Å². The monoisotopic (exact) mass is 772 g/mol. The number of carbonyl (C=O) groups excluding carboxylic acids is 2. The molecule has 16 heteroatoms. The molecule has 0 aliphatic carbocycles. The van der Waals surface area contributed by atoms with Gasteiger partial charge in [0.1, 0.15) is 23.3 Å². The van der Waals surface area contributed by atoms with Gasteiger partial charge in [-0.2, -0.15) is 17.9 Å². The largest absolute Gasteiger partial charge is 0.418 e. The average Bonchev–Trinajstić information content (AvgIpc) is 3.44. The Hall–Kier alpha value is -5.51. The number of aryl methyl sites for hydroxylation is 1. The summed E-state index contributed by atoms with van der Waals surface area (Å²) in [6, 6.07) is 13.5. The summed E-state index contributed by atoms with van der Waals surface area (Å²) in [5.74, 6) is -4.81. The number of benzene rings is 4. The summed E-state index contributed by atoms with van der Waals surface area (Å²) in [4.78, 5) is 38.7. The summed E-state index contributed by atoms with van der Waals surface area (Å²) in [5.41, 5.74) is -3.85. The molecule has 0 saturated heterocycles. The van der Waals surface area contributed by atoms with Crippen LogP contribution < -0.4 is 10.4 Å². The number of carbonyl (C=O) groups is 2. The van der Waals surface area contributed by atoms with Crippen LogP contribution in [0.4, 0.5) is 26.3 Å². The normalized spacial score (nSPS) is 11.9. The number of rotatable bonds is 14. The van der Waals surface area contributed by atoms with Crippen molar-refractivity contribution in [3.63, 3.8) is 0 Å². The molecular formula is C38H34F6N4O5S. The Morgan fingerprint density at radius 2 is 1.57 bits per heavy atom. The number of hydrogen-bond acceptors (Lipinski definition) is 6. The molecule has 0 saturated carbocycles. The highest BCUT2D eigenvalue weighted by Gasteiger charge is 2.36. The lowest BCUT2D eigenvalue weighted by atomic mass is 10.0. The van der Waals surface area contributed by atoms with Gasteiger partial charge in [-0.1, -0.05) is 63.1 Å². The number of nitrogens with zero attached hydrogens (tertiary/aromatic N) is 3. The number of Topliss-reactive ketones (excluding diaryl/α,β-unsaturated/α-hetero) is 1. The van der Waals surface area contributed by atoms with Gasteiger partial charge in [0.2, 0.25) is 0 Å². The standard InChI is InChI=1S/C38H34F6N4O5S/c1-3-5-10-33(49)24-15-17-29(38(42,43)44)32(20-24)48-37(51)47(35(45-48)12-6-4-2)22-25-14-13-23(19-31(25)41)27-9-7-8-11-34(27)54(52,53)46-36(50)28-21-26(39)16-18-30(28)40/h7-9,11,13-21H,3-6,10,12,22H2,1-2H3,(H,46,50). The summed E-state index contributed by atoms with van der Waals surface area (Å²) in [5, 5.41) is 4.23. The molecule has 5 rings (SSSR count). The zero-order valence-corrected chi connectivity index (χ0v) is 29.8. The molecule has 284 valence electrons. The van der Waals surface area contributed by atoms with Gasteiger partial charge in [0.25, 0.3) is 15.9 Å². The Morgan fingerprint density at radius 1 is 0.852 bits per heavy atom. The second-order valence-corrected chi connectivity index (χ2v) is 14.1. The fourth-order valence-electron chi connectivity index (χ4n) is 5.73. The number of halogens is 6. The molecule has 9 nitrogen and oxygen atoms in total. The number of alkyl halides is 3. The summed E-state index contributed by atoms with van der Waals surface area (Å²) in [6.45, 7) is 3.25. The number of ketones is 1. The van der Waals surface area contributed by atoms with Crippen LogP contribution in [0.15, 0.2) is 88.6 Å². The van der Waals surface area contributed by atoms with Crippen LogP contribution in [-0.2, 0) is 29.2 Å². The molecule has 4 aromatic carbocycles. The Balaban J connectivity index is 1.52. The van der Waals surface area contributed by atoms with Crippen molar-refractivity contribution < 1.29 is 44.3 Å². The molecule has 5 aromatic rings. The van der Waals surface area contributed by atoms with Crippen LogP contribution in [0.25, 0.3) is 16.8 Å². The van der Waals surface area contributed by atoms with Gasteiger partial charge >= 0.3 is 11.9 Å². The first-order valence-corrected chi connectivity index (χ1v) is 18.4. The molecule has 0 spiro atoms. The molecule has 1 heterocycles. The van der Waals surface area contributed by atoms with Crippen molar-refractivity contribution in [3.05, 3.63) is 135 Å². The fourth-order valence-corrected chi connectivity index (χ4v) is 6.93. The van der Waals surface area contributed by atoms with Gasteiger partial charge in [-0.05, 0) is 60.9 Å². The molecule has 0 unspecified atom stereocenters. The van der Waals surface area contributed by atoms with Crippen LogP contribution in [0.3, 0.4) is 0 Å². The first-order valence-electron chi connectivity index (χ1n) is 16.9. The lowest BCUT2D eigenvalue weighted by molar-refractivity contribution is -0.137. The summed E-state index contributed by atoms with van der Waals surface area (Å²) in [7, 11) is -4.73. The van der Waals surface area contributed by atoms with Gasteiger partial charge in [0, 0.05) is 29.5 Å². The Labute approximate surface area is 306 Å². The Bertz CT molecular complexity index is 2390. The molecule has 0 radical (unpaired) electrons. The number of unbranched alkanes of at least 4 members (excludes halogenated alkanes) is 2. The summed E-state index contributed by atoms with van der Waals surface area (Å²) in [6.07, 6.45) is -2.31. The van der Waals surface area contributed by atoms with Gasteiger partial charge in [-0.25, -0.2) is 31.1 Å². The maximum Gasteiger partial charge on any atom is 0.418 e. The van der Waals surface area contributed by atoms with Gasteiger partial charge in [-0.3, -0.25) is 14.2 Å². The fraction of sp³-hybridized carbons (Fsp3) is 0.263. The highest BCUT2D eigenvalue weighted by Crippen LogP contribution is 2.34. The third kappa shape index (κ3) is 8.65. The lowest BCUT2D eigenvalue weighted by Crippen LogP contribution is -2.31. The molecule has 0 bridgehead atoms. The van der Waals surface area contributed by atoms with E-state index in [0.717, 1.165) is 41.0 Å². The Kier molecular flexibility index (Phi) is 11.9. The zero-order chi connectivity index (χ0) is 39.4. The van der Waals surface area contributed by atoms with Crippen LogP contribution in [0.1, 0.15) is 83.6 Å². The molecule has 0 aliphatic rings. The van der Waals surface area contributed by atoms with E-state index in [1.807, 2.05) is 13.8 Å². The van der Waals surface area contributed by atoms with E-state index in [1.165, 1.54) is 30.3 Å². The molecule has 1 aromatic heterocycles. The zero-order valence-electron chi connectivity index (χ0n) is 29.0. The molecule has 1 amide bonds. The van der Waals surface area contributed by atoms with Crippen molar-refractivity contribution in [2.45, 2.75) is 70.0 Å². The summed E-state index contributed by atoms with van der Waals surface area (Å²) < 4.78 is 116. The predicted octanol–water partition coefficient (Wildman–Crippen LogP) is 8.02. The minimum absolute atomic E-state index is 0.0207. The van der Waals surface area contributed by atoms with Crippen LogP contribution in [0, 0.1) is 17.5 Å². The van der Waals surface area contributed by atoms with Crippen molar-refractivity contribution >= 4 is 21.7 Å². The number of hydrogen-bond donors (Lipinski definition) is 1. The van der Waals surface area contributed by atoms with Gasteiger partial charge in [0.05, 0.1) is 28.3 Å².